The van der Waals surface area contributed by atoms with Crippen molar-refractivity contribution in [3.63, 3.8) is 0 Å². The maximum absolute atomic E-state index is 12.8. The second-order valence-corrected chi connectivity index (χ2v) is 5.90. The number of rotatable bonds is 4. The Bertz CT molecular complexity index is 522. The molecule has 1 aliphatic rings. The van der Waals surface area contributed by atoms with Crippen molar-refractivity contribution in [1.29, 1.82) is 0 Å². The number of aliphatic carboxylic acids is 1. The van der Waals surface area contributed by atoms with Gasteiger partial charge in [0.2, 0.25) is 0 Å². The van der Waals surface area contributed by atoms with Crippen molar-refractivity contribution in [1.82, 2.24) is 5.32 Å². The average Bonchev–Trinajstić information content (AvgIpc) is 2.47. The number of halogens is 3. The summed E-state index contributed by atoms with van der Waals surface area (Å²) in [4.78, 5) is 10.8. The summed E-state index contributed by atoms with van der Waals surface area (Å²) in [5.74, 6) is -0.777. The minimum Gasteiger partial charge on any atom is -0.480 e. The summed E-state index contributed by atoms with van der Waals surface area (Å²) < 4.78 is 38.3. The molecule has 0 aromatic heterocycles. The number of hydrogen-bond donors (Lipinski definition) is 2. The van der Waals surface area contributed by atoms with Crippen LogP contribution in [0.2, 0.25) is 0 Å². The zero-order valence-corrected chi connectivity index (χ0v) is 12.4. The molecule has 1 atom stereocenters. The highest BCUT2D eigenvalue weighted by Crippen LogP contribution is 2.36. The zero-order valence-electron chi connectivity index (χ0n) is 12.4. The Kier molecular flexibility index (Phi) is 5.11. The van der Waals surface area contributed by atoms with E-state index < -0.39 is 23.8 Å². The van der Waals surface area contributed by atoms with Gasteiger partial charge in [-0.05, 0) is 50.2 Å². The SMILES string of the molecule is C[C@@H](NC1CCC(c2cccc(C(F)(F)F)c2)CC1)C(=O)O. The maximum Gasteiger partial charge on any atom is 0.416 e. The molecule has 1 fully saturated rings. The van der Waals surface area contributed by atoms with Crippen LogP contribution in [0.5, 0.6) is 0 Å². The highest BCUT2D eigenvalue weighted by atomic mass is 19.4. The summed E-state index contributed by atoms with van der Waals surface area (Å²) in [6, 6.07) is 5.04. The van der Waals surface area contributed by atoms with E-state index in [9.17, 15) is 18.0 Å². The molecule has 0 saturated heterocycles. The first-order valence-electron chi connectivity index (χ1n) is 7.43. The van der Waals surface area contributed by atoms with Crippen LogP contribution in [-0.2, 0) is 11.0 Å². The summed E-state index contributed by atoms with van der Waals surface area (Å²) in [5, 5.41) is 11.9. The van der Waals surface area contributed by atoms with Gasteiger partial charge in [0, 0.05) is 6.04 Å². The highest BCUT2D eigenvalue weighted by Gasteiger charge is 2.31. The third-order valence-electron chi connectivity index (χ3n) is 4.27. The second-order valence-electron chi connectivity index (χ2n) is 5.90. The molecular formula is C16H20F3NO2. The van der Waals surface area contributed by atoms with Gasteiger partial charge < -0.3 is 10.4 Å². The number of nitrogens with one attached hydrogen (secondary N) is 1. The van der Waals surface area contributed by atoms with Crippen LogP contribution in [0.15, 0.2) is 24.3 Å². The van der Waals surface area contributed by atoms with E-state index >= 15 is 0 Å². The minimum absolute atomic E-state index is 0.112. The highest BCUT2D eigenvalue weighted by molar-refractivity contribution is 5.72. The second kappa shape index (κ2) is 6.69. The van der Waals surface area contributed by atoms with E-state index in [0.717, 1.165) is 37.3 Å². The van der Waals surface area contributed by atoms with Gasteiger partial charge in [0.05, 0.1) is 5.56 Å². The van der Waals surface area contributed by atoms with Crippen molar-refractivity contribution in [3.8, 4) is 0 Å². The maximum atomic E-state index is 12.8. The predicted octanol–water partition coefficient (Wildman–Crippen LogP) is 3.79. The van der Waals surface area contributed by atoms with E-state index in [0.29, 0.717) is 0 Å². The lowest BCUT2D eigenvalue weighted by molar-refractivity contribution is -0.139. The molecule has 3 nitrogen and oxygen atoms in total. The van der Waals surface area contributed by atoms with Gasteiger partial charge in [0.1, 0.15) is 6.04 Å². The predicted molar refractivity (Wildman–Crippen MR) is 76.7 cm³/mol. The van der Waals surface area contributed by atoms with Gasteiger partial charge >= 0.3 is 12.1 Å². The lowest BCUT2D eigenvalue weighted by atomic mass is 9.81. The minimum atomic E-state index is -4.31. The Morgan fingerprint density at radius 1 is 1.27 bits per heavy atom. The Morgan fingerprint density at radius 2 is 1.91 bits per heavy atom. The fourth-order valence-corrected chi connectivity index (χ4v) is 2.99. The first kappa shape index (κ1) is 16.8. The Hall–Kier alpha value is -1.56. The van der Waals surface area contributed by atoms with Crippen molar-refractivity contribution in [2.24, 2.45) is 0 Å². The van der Waals surface area contributed by atoms with E-state index in [1.54, 1.807) is 13.0 Å². The van der Waals surface area contributed by atoms with Gasteiger partial charge in [0.25, 0.3) is 0 Å². The summed E-state index contributed by atoms with van der Waals surface area (Å²) in [7, 11) is 0. The molecule has 0 radical (unpaired) electrons. The molecule has 2 N–H and O–H groups in total. The number of carboxylic acids is 1. The number of carbonyl (C=O) groups is 1. The molecule has 22 heavy (non-hydrogen) atoms. The van der Waals surface area contributed by atoms with Crippen molar-refractivity contribution in [2.45, 2.75) is 56.8 Å². The molecule has 6 heteroatoms. The van der Waals surface area contributed by atoms with Crippen molar-refractivity contribution in [2.75, 3.05) is 0 Å². The van der Waals surface area contributed by atoms with E-state index in [1.807, 2.05) is 0 Å². The van der Waals surface area contributed by atoms with Crippen molar-refractivity contribution < 1.29 is 23.1 Å². The molecule has 0 aliphatic heterocycles. The number of carboxylic acid groups (broad SMARTS) is 1. The van der Waals surface area contributed by atoms with Gasteiger partial charge in [0.15, 0.2) is 0 Å². The summed E-state index contributed by atoms with van der Waals surface area (Å²) in [6.45, 7) is 1.60. The fourth-order valence-electron chi connectivity index (χ4n) is 2.99. The molecule has 0 bridgehead atoms. The fraction of sp³-hybridized carbons (Fsp3) is 0.562. The molecular weight excluding hydrogens is 295 g/mol. The normalized spacial score (nSPS) is 24.0. The van der Waals surface area contributed by atoms with Crippen molar-refractivity contribution >= 4 is 5.97 Å². The largest absolute Gasteiger partial charge is 0.480 e. The molecule has 122 valence electrons. The molecule has 0 amide bonds. The smallest absolute Gasteiger partial charge is 0.416 e. The van der Waals surface area contributed by atoms with Gasteiger partial charge in [-0.15, -0.1) is 0 Å². The van der Waals surface area contributed by atoms with E-state index in [1.165, 1.54) is 12.1 Å². The van der Waals surface area contributed by atoms with Crippen LogP contribution in [-0.4, -0.2) is 23.2 Å². The van der Waals surface area contributed by atoms with Crippen LogP contribution in [0.4, 0.5) is 13.2 Å². The Morgan fingerprint density at radius 3 is 2.45 bits per heavy atom. The van der Waals surface area contributed by atoms with Crippen LogP contribution in [0.3, 0.4) is 0 Å². The summed E-state index contributed by atoms with van der Waals surface area (Å²) in [5.41, 5.74) is 0.115. The molecule has 1 aliphatic carbocycles. The number of benzene rings is 1. The van der Waals surface area contributed by atoms with Gasteiger partial charge in [-0.2, -0.15) is 13.2 Å². The average molecular weight is 315 g/mol. The summed E-state index contributed by atoms with van der Waals surface area (Å²) >= 11 is 0. The van der Waals surface area contributed by atoms with Gasteiger partial charge in [-0.1, -0.05) is 18.2 Å². The van der Waals surface area contributed by atoms with Gasteiger partial charge in [-0.3, -0.25) is 4.79 Å². The molecule has 1 aromatic carbocycles. The van der Waals surface area contributed by atoms with Crippen molar-refractivity contribution in [3.05, 3.63) is 35.4 Å². The van der Waals surface area contributed by atoms with Crippen LogP contribution >= 0.6 is 0 Å². The Balaban J connectivity index is 1.96. The number of hydrogen-bond acceptors (Lipinski definition) is 2. The van der Waals surface area contributed by atoms with Crippen LogP contribution < -0.4 is 5.32 Å². The molecule has 1 aromatic rings. The zero-order chi connectivity index (χ0) is 16.3. The third-order valence-corrected chi connectivity index (χ3v) is 4.27. The first-order chi connectivity index (χ1) is 10.3. The lowest BCUT2D eigenvalue weighted by Gasteiger charge is -2.30. The Labute approximate surface area is 127 Å². The molecule has 0 unspecified atom stereocenters. The standard InChI is InChI=1S/C16H20F3NO2/c1-10(15(21)22)20-14-7-5-11(6-8-14)12-3-2-4-13(9-12)16(17,18)19/h2-4,9-11,14,20H,5-8H2,1H3,(H,21,22)/t10-,11?,14?/m1/s1. The van der Waals surface area contributed by atoms with E-state index in [-0.39, 0.29) is 12.0 Å². The van der Waals surface area contributed by atoms with Gasteiger partial charge in [-0.25, -0.2) is 0 Å². The molecule has 0 spiro atoms. The van der Waals surface area contributed by atoms with Crippen LogP contribution in [0, 0.1) is 0 Å². The van der Waals surface area contributed by atoms with E-state index in [4.69, 9.17) is 5.11 Å². The lowest BCUT2D eigenvalue weighted by Crippen LogP contribution is -2.42. The topological polar surface area (TPSA) is 49.3 Å². The molecule has 1 saturated carbocycles. The van der Waals surface area contributed by atoms with Crippen LogP contribution in [0.25, 0.3) is 0 Å². The van der Waals surface area contributed by atoms with Crippen LogP contribution in [0.1, 0.15) is 49.7 Å². The first-order valence-corrected chi connectivity index (χ1v) is 7.43. The summed E-state index contributed by atoms with van der Waals surface area (Å²) in [6.07, 6.45) is -1.22. The number of alkyl halides is 3. The quantitative estimate of drug-likeness (QED) is 0.888. The monoisotopic (exact) mass is 315 g/mol. The van der Waals surface area contributed by atoms with E-state index in [2.05, 4.69) is 5.32 Å². The third kappa shape index (κ3) is 4.22. The molecule has 0 heterocycles. The molecule has 2 rings (SSSR count).